The van der Waals surface area contributed by atoms with Crippen LogP contribution in [0.4, 0.5) is 0 Å². The van der Waals surface area contributed by atoms with Crippen LogP contribution >= 0.6 is 0 Å². The fraction of sp³-hybridized carbons (Fsp3) is 0. The fourth-order valence-electron chi connectivity index (χ4n) is 0.827. The van der Waals surface area contributed by atoms with Crippen molar-refractivity contribution in [3.8, 4) is 5.75 Å². The quantitative estimate of drug-likeness (QED) is 0.570. The monoisotopic (exact) mass is 135 g/mol. The lowest BCUT2D eigenvalue weighted by Gasteiger charge is -1.85. The summed E-state index contributed by atoms with van der Waals surface area (Å²) >= 11 is 0. The third kappa shape index (κ3) is 0.621. The minimum absolute atomic E-state index is 0.186. The van der Waals surface area contributed by atoms with E-state index >= 15 is 0 Å². The average molecular weight is 135 g/mol. The van der Waals surface area contributed by atoms with Crippen LogP contribution in [0, 0.1) is 0 Å². The lowest BCUT2D eigenvalue weighted by Crippen LogP contribution is -1.88. The Kier molecular flexibility index (Phi) is 0.887. The van der Waals surface area contributed by atoms with Gasteiger partial charge in [0.2, 0.25) is 0 Å². The molecule has 0 aliphatic rings. The van der Waals surface area contributed by atoms with Gasteiger partial charge in [-0.3, -0.25) is 0 Å². The third-order valence-corrected chi connectivity index (χ3v) is 1.23. The summed E-state index contributed by atoms with van der Waals surface area (Å²) in [4.78, 5) is 3.94. The Morgan fingerprint density at radius 1 is 1.40 bits per heavy atom. The second kappa shape index (κ2) is 1.70. The van der Waals surface area contributed by atoms with Gasteiger partial charge < -0.3 is 5.11 Å². The number of fused-ring (bicyclic) bond motifs is 1. The Morgan fingerprint density at radius 3 is 3.10 bits per heavy atom. The van der Waals surface area contributed by atoms with E-state index < -0.39 is 0 Å². The molecule has 2 heterocycles. The summed E-state index contributed by atoms with van der Waals surface area (Å²) in [6.07, 6.45) is 4.64. The molecular weight excluding hydrogens is 130 g/mol. The van der Waals surface area contributed by atoms with E-state index in [0.717, 1.165) is 0 Å². The topological polar surface area (TPSA) is 50.4 Å². The molecule has 4 nitrogen and oxygen atoms in total. The van der Waals surface area contributed by atoms with Crippen molar-refractivity contribution in [2.75, 3.05) is 0 Å². The van der Waals surface area contributed by atoms with Crippen molar-refractivity contribution in [3.63, 3.8) is 0 Å². The zero-order valence-electron chi connectivity index (χ0n) is 5.10. The van der Waals surface area contributed by atoms with E-state index in [1.165, 1.54) is 10.7 Å². The number of rotatable bonds is 0. The maximum atomic E-state index is 8.96. The summed E-state index contributed by atoms with van der Waals surface area (Å²) < 4.78 is 1.51. The normalized spacial score (nSPS) is 10.4. The lowest BCUT2D eigenvalue weighted by molar-refractivity contribution is 0.475. The highest BCUT2D eigenvalue weighted by Gasteiger charge is 1.95. The highest BCUT2D eigenvalue weighted by molar-refractivity contribution is 5.43. The van der Waals surface area contributed by atoms with Crippen molar-refractivity contribution in [2.24, 2.45) is 0 Å². The number of hydrogen-bond donors (Lipinski definition) is 1. The molecule has 0 aliphatic heterocycles. The fourth-order valence-corrected chi connectivity index (χ4v) is 0.827. The van der Waals surface area contributed by atoms with Gasteiger partial charge in [0.1, 0.15) is 5.75 Å². The molecule has 0 saturated heterocycles. The summed E-state index contributed by atoms with van der Waals surface area (Å²) in [5.41, 5.74) is 0.653. The molecule has 0 aromatic carbocycles. The molecule has 50 valence electrons. The Bertz CT molecular complexity index is 322. The van der Waals surface area contributed by atoms with Crippen molar-refractivity contribution in [1.82, 2.24) is 14.6 Å². The zero-order chi connectivity index (χ0) is 6.97. The van der Waals surface area contributed by atoms with Crippen molar-refractivity contribution < 1.29 is 5.11 Å². The van der Waals surface area contributed by atoms with Crippen molar-refractivity contribution >= 4 is 5.65 Å². The Labute approximate surface area is 56.8 Å². The van der Waals surface area contributed by atoms with Crippen LogP contribution < -0.4 is 0 Å². The van der Waals surface area contributed by atoms with Crippen molar-refractivity contribution in [1.29, 1.82) is 0 Å². The molecule has 1 N–H and O–H groups in total. The lowest BCUT2D eigenvalue weighted by atomic mass is 10.6. The second-order valence-corrected chi connectivity index (χ2v) is 1.94. The molecule has 0 atom stereocenters. The molecule has 2 aromatic rings. The van der Waals surface area contributed by atoms with E-state index in [1.807, 2.05) is 0 Å². The van der Waals surface area contributed by atoms with Gasteiger partial charge in [-0.15, -0.1) is 0 Å². The first-order chi connectivity index (χ1) is 4.86. The number of aromatic hydroxyl groups is 1. The van der Waals surface area contributed by atoms with E-state index in [4.69, 9.17) is 5.11 Å². The van der Waals surface area contributed by atoms with E-state index in [9.17, 15) is 0 Å². The van der Waals surface area contributed by atoms with Crippen LogP contribution in [0.5, 0.6) is 5.75 Å². The Hall–Kier alpha value is -1.58. The van der Waals surface area contributed by atoms with Crippen molar-refractivity contribution in [3.05, 3.63) is 24.7 Å². The van der Waals surface area contributed by atoms with Gasteiger partial charge in [0.15, 0.2) is 5.65 Å². The molecule has 4 heteroatoms. The van der Waals surface area contributed by atoms with Crippen LogP contribution in [0.25, 0.3) is 5.65 Å². The minimum atomic E-state index is 0.186. The number of hydrogen-bond acceptors (Lipinski definition) is 3. The first-order valence-corrected chi connectivity index (χ1v) is 2.84. The van der Waals surface area contributed by atoms with Crippen LogP contribution in [-0.4, -0.2) is 19.7 Å². The van der Waals surface area contributed by atoms with Gasteiger partial charge in [0.05, 0.1) is 12.4 Å². The Morgan fingerprint density at radius 2 is 2.30 bits per heavy atom. The molecule has 2 rings (SSSR count). The molecular formula is C6H5N3O. The van der Waals surface area contributed by atoms with Crippen molar-refractivity contribution in [2.45, 2.75) is 0 Å². The van der Waals surface area contributed by atoms with Crippen LogP contribution in [0.3, 0.4) is 0 Å². The predicted octanol–water partition coefficient (Wildman–Crippen LogP) is 0.435. The van der Waals surface area contributed by atoms with Crippen LogP contribution in [0.2, 0.25) is 0 Å². The summed E-state index contributed by atoms with van der Waals surface area (Å²) in [7, 11) is 0. The molecule has 0 unspecified atom stereocenters. The molecule has 0 fully saturated rings. The highest BCUT2D eigenvalue weighted by Crippen LogP contribution is 2.10. The summed E-state index contributed by atoms with van der Waals surface area (Å²) in [6, 6.07) is 1.55. The molecule has 0 radical (unpaired) electrons. The Balaban J connectivity index is 2.88. The maximum absolute atomic E-state index is 8.96. The largest absolute Gasteiger partial charge is 0.506 e. The second-order valence-electron chi connectivity index (χ2n) is 1.94. The van der Waals surface area contributed by atoms with Gasteiger partial charge in [-0.1, -0.05) is 0 Å². The average Bonchev–Trinajstić information content (AvgIpc) is 2.27. The van der Waals surface area contributed by atoms with E-state index in [2.05, 4.69) is 10.1 Å². The molecule has 0 saturated carbocycles. The third-order valence-electron chi connectivity index (χ3n) is 1.23. The maximum Gasteiger partial charge on any atom is 0.157 e. The summed E-state index contributed by atoms with van der Waals surface area (Å²) in [5.74, 6) is 0.186. The molecule has 0 aliphatic carbocycles. The number of aromatic nitrogens is 3. The van der Waals surface area contributed by atoms with Gasteiger partial charge in [-0.05, 0) is 0 Å². The summed E-state index contributed by atoms with van der Waals surface area (Å²) in [5, 5.41) is 12.9. The first kappa shape index (κ1) is 5.22. The molecule has 0 bridgehead atoms. The molecule has 0 spiro atoms. The molecule has 0 amide bonds. The van der Waals surface area contributed by atoms with Gasteiger partial charge >= 0.3 is 0 Å². The molecule has 10 heavy (non-hydrogen) atoms. The van der Waals surface area contributed by atoms with Gasteiger partial charge in [-0.2, -0.15) is 5.10 Å². The smallest absolute Gasteiger partial charge is 0.157 e. The zero-order valence-corrected chi connectivity index (χ0v) is 5.10. The van der Waals surface area contributed by atoms with Crippen LogP contribution in [0.15, 0.2) is 24.7 Å². The van der Waals surface area contributed by atoms with E-state index in [0.29, 0.717) is 5.65 Å². The van der Waals surface area contributed by atoms with E-state index in [-0.39, 0.29) is 5.75 Å². The van der Waals surface area contributed by atoms with E-state index in [1.54, 1.807) is 18.5 Å². The molecule has 2 aromatic heterocycles. The highest BCUT2D eigenvalue weighted by atomic mass is 16.3. The van der Waals surface area contributed by atoms with Crippen LogP contribution in [-0.2, 0) is 0 Å². The minimum Gasteiger partial charge on any atom is -0.506 e. The van der Waals surface area contributed by atoms with Gasteiger partial charge in [0.25, 0.3) is 0 Å². The van der Waals surface area contributed by atoms with Gasteiger partial charge in [0, 0.05) is 12.3 Å². The first-order valence-electron chi connectivity index (χ1n) is 2.84. The SMILES string of the molecule is Oc1cc2nccnn2c1. The summed E-state index contributed by atoms with van der Waals surface area (Å²) in [6.45, 7) is 0. The van der Waals surface area contributed by atoms with Crippen LogP contribution in [0.1, 0.15) is 0 Å². The predicted molar refractivity (Wildman–Crippen MR) is 34.7 cm³/mol. The standard InChI is InChI=1S/C6H5N3O/c10-5-3-6-7-1-2-8-9(6)4-5/h1-4,10H. The number of nitrogens with zero attached hydrogens (tertiary/aromatic N) is 3. The van der Waals surface area contributed by atoms with Gasteiger partial charge in [-0.25, -0.2) is 9.50 Å².